The van der Waals surface area contributed by atoms with Crippen LogP contribution in [0.3, 0.4) is 0 Å². The lowest BCUT2D eigenvalue weighted by atomic mass is 9.93. The van der Waals surface area contributed by atoms with Crippen LogP contribution in [0.2, 0.25) is 0 Å². The van der Waals surface area contributed by atoms with E-state index >= 15 is 0 Å². The molecule has 0 aliphatic carbocycles. The maximum Gasteiger partial charge on any atom is 0.219 e. The van der Waals surface area contributed by atoms with Crippen molar-refractivity contribution in [3.63, 3.8) is 0 Å². The third kappa shape index (κ3) is 5.52. The normalized spacial score (nSPS) is 21.3. The van der Waals surface area contributed by atoms with Gasteiger partial charge in [-0.15, -0.1) is 0 Å². The van der Waals surface area contributed by atoms with Crippen LogP contribution >= 0.6 is 0 Å². The average Bonchev–Trinajstić information content (AvgIpc) is 2.54. The summed E-state index contributed by atoms with van der Waals surface area (Å²) < 4.78 is 10.6. The zero-order valence-corrected chi connectivity index (χ0v) is 14.4. The maximum absolute atomic E-state index is 11.5. The molecule has 1 saturated heterocycles. The van der Waals surface area contributed by atoms with Crippen LogP contribution in [0, 0.1) is 5.92 Å². The van der Waals surface area contributed by atoms with Gasteiger partial charge in [0, 0.05) is 39.7 Å². The van der Waals surface area contributed by atoms with E-state index in [0.717, 1.165) is 31.8 Å². The lowest BCUT2D eigenvalue weighted by Gasteiger charge is -2.37. The number of benzene rings is 1. The Kier molecular flexibility index (Phi) is 6.86. The topological polar surface area (TPSA) is 50.8 Å². The van der Waals surface area contributed by atoms with Gasteiger partial charge < -0.3 is 19.7 Å². The highest BCUT2D eigenvalue weighted by atomic mass is 16.5. The van der Waals surface area contributed by atoms with Crippen molar-refractivity contribution in [3.05, 3.63) is 29.8 Å². The Morgan fingerprint density at radius 1 is 1.39 bits per heavy atom. The largest absolute Gasteiger partial charge is 0.491 e. The average molecular weight is 320 g/mol. The Bertz CT molecular complexity index is 507. The molecule has 1 aliphatic heterocycles. The Labute approximate surface area is 139 Å². The second kappa shape index (κ2) is 8.89. The first-order chi connectivity index (χ1) is 11.1. The molecule has 0 spiro atoms. The first kappa shape index (κ1) is 17.8. The monoisotopic (exact) mass is 320 g/mol. The van der Waals surface area contributed by atoms with Gasteiger partial charge in [0.1, 0.15) is 12.4 Å². The summed E-state index contributed by atoms with van der Waals surface area (Å²) in [6, 6.07) is 8.60. The molecule has 1 aliphatic rings. The number of ether oxygens (including phenoxy) is 2. The van der Waals surface area contributed by atoms with E-state index in [1.165, 1.54) is 5.56 Å². The summed E-state index contributed by atoms with van der Waals surface area (Å²) in [6.45, 7) is 7.51. The highest BCUT2D eigenvalue weighted by molar-refractivity contribution is 5.73. The van der Waals surface area contributed by atoms with Crippen LogP contribution in [0.1, 0.15) is 25.8 Å². The van der Waals surface area contributed by atoms with Crippen molar-refractivity contribution < 1.29 is 14.3 Å². The van der Waals surface area contributed by atoms with Gasteiger partial charge in [-0.1, -0.05) is 19.1 Å². The van der Waals surface area contributed by atoms with E-state index in [2.05, 4.69) is 24.4 Å². The van der Waals surface area contributed by atoms with Gasteiger partial charge in [-0.3, -0.25) is 4.79 Å². The van der Waals surface area contributed by atoms with E-state index < -0.39 is 0 Å². The molecule has 5 heteroatoms. The van der Waals surface area contributed by atoms with Gasteiger partial charge in [-0.25, -0.2) is 0 Å². The van der Waals surface area contributed by atoms with Crippen LogP contribution < -0.4 is 10.1 Å². The summed E-state index contributed by atoms with van der Waals surface area (Å²) in [6.07, 6.45) is 1.00. The number of nitrogens with one attached hydrogen (secondary N) is 1. The Hall–Kier alpha value is -1.59. The van der Waals surface area contributed by atoms with E-state index in [4.69, 9.17) is 9.47 Å². The van der Waals surface area contributed by atoms with E-state index in [1.807, 2.05) is 17.0 Å². The lowest BCUT2D eigenvalue weighted by Crippen LogP contribution is -2.49. The van der Waals surface area contributed by atoms with Crippen LogP contribution in [0.25, 0.3) is 0 Å². The fourth-order valence-corrected chi connectivity index (χ4v) is 2.97. The van der Waals surface area contributed by atoms with Gasteiger partial charge in [0.05, 0.1) is 6.61 Å². The van der Waals surface area contributed by atoms with Crippen molar-refractivity contribution in [2.45, 2.75) is 32.9 Å². The predicted molar refractivity (Wildman–Crippen MR) is 90.5 cm³/mol. The van der Waals surface area contributed by atoms with Crippen molar-refractivity contribution in [1.82, 2.24) is 10.2 Å². The molecule has 1 aromatic rings. The third-order valence-electron chi connectivity index (χ3n) is 4.37. The van der Waals surface area contributed by atoms with E-state index in [-0.39, 0.29) is 5.91 Å². The quantitative estimate of drug-likeness (QED) is 0.781. The molecule has 2 rings (SSSR count). The number of hydrogen-bond donors (Lipinski definition) is 1. The van der Waals surface area contributed by atoms with Gasteiger partial charge in [0.2, 0.25) is 5.91 Å². The number of carbonyl (C=O) groups is 1. The van der Waals surface area contributed by atoms with Crippen molar-refractivity contribution in [2.75, 3.05) is 33.4 Å². The minimum Gasteiger partial charge on any atom is -0.491 e. The first-order valence-corrected chi connectivity index (χ1v) is 8.29. The number of piperidine rings is 1. The molecule has 1 heterocycles. The standard InChI is InChI=1S/C18H28N2O3/c1-14-13-20(15(2)21)8-7-18(14)19-12-16-5-4-6-17(11-16)23-10-9-22-3/h4-6,11,14,18-19H,7-10,12-13H2,1-3H3. The number of carbonyl (C=O) groups excluding carboxylic acids is 1. The smallest absolute Gasteiger partial charge is 0.219 e. The molecule has 23 heavy (non-hydrogen) atoms. The fourth-order valence-electron chi connectivity index (χ4n) is 2.97. The van der Waals surface area contributed by atoms with Gasteiger partial charge in [0.25, 0.3) is 0 Å². The summed E-state index contributed by atoms with van der Waals surface area (Å²) in [5.41, 5.74) is 1.21. The predicted octanol–water partition coefficient (Wildman–Crippen LogP) is 2.06. The molecule has 0 bridgehead atoms. The van der Waals surface area contributed by atoms with Gasteiger partial charge in [0.15, 0.2) is 0 Å². The van der Waals surface area contributed by atoms with E-state index in [9.17, 15) is 4.79 Å². The second-order valence-corrected chi connectivity index (χ2v) is 6.21. The van der Waals surface area contributed by atoms with E-state index in [1.54, 1.807) is 14.0 Å². The molecule has 128 valence electrons. The minimum atomic E-state index is 0.177. The molecule has 2 unspecified atom stereocenters. The minimum absolute atomic E-state index is 0.177. The molecule has 1 fully saturated rings. The summed E-state index contributed by atoms with van der Waals surface area (Å²) >= 11 is 0. The van der Waals surface area contributed by atoms with Crippen molar-refractivity contribution in [2.24, 2.45) is 5.92 Å². The van der Waals surface area contributed by atoms with Crippen LogP contribution in [0.4, 0.5) is 0 Å². The number of hydrogen-bond acceptors (Lipinski definition) is 4. The lowest BCUT2D eigenvalue weighted by molar-refractivity contribution is -0.130. The van der Waals surface area contributed by atoms with Crippen LogP contribution in [-0.2, 0) is 16.1 Å². The molecular weight excluding hydrogens is 292 g/mol. The van der Waals surface area contributed by atoms with Crippen molar-refractivity contribution in [1.29, 1.82) is 0 Å². The number of methoxy groups -OCH3 is 1. The van der Waals surface area contributed by atoms with Gasteiger partial charge >= 0.3 is 0 Å². The fraction of sp³-hybridized carbons (Fsp3) is 0.611. The number of nitrogens with zero attached hydrogens (tertiary/aromatic N) is 1. The third-order valence-corrected chi connectivity index (χ3v) is 4.37. The summed E-state index contributed by atoms with van der Waals surface area (Å²) in [4.78, 5) is 13.4. The molecule has 2 atom stereocenters. The van der Waals surface area contributed by atoms with Crippen LogP contribution in [-0.4, -0.2) is 50.3 Å². The van der Waals surface area contributed by atoms with Crippen LogP contribution in [0.15, 0.2) is 24.3 Å². The number of rotatable bonds is 7. The maximum atomic E-state index is 11.5. The molecule has 0 aromatic heterocycles. The molecular formula is C18H28N2O3. The summed E-state index contributed by atoms with van der Waals surface area (Å²) in [5, 5.41) is 3.62. The number of amides is 1. The molecule has 0 saturated carbocycles. The van der Waals surface area contributed by atoms with Gasteiger partial charge in [-0.2, -0.15) is 0 Å². The molecule has 1 N–H and O–H groups in total. The van der Waals surface area contributed by atoms with Crippen LogP contribution in [0.5, 0.6) is 5.75 Å². The Morgan fingerprint density at radius 2 is 2.22 bits per heavy atom. The second-order valence-electron chi connectivity index (χ2n) is 6.21. The SMILES string of the molecule is COCCOc1cccc(CNC2CCN(C(C)=O)CC2C)c1. The molecule has 5 nitrogen and oxygen atoms in total. The first-order valence-electron chi connectivity index (χ1n) is 8.29. The summed E-state index contributed by atoms with van der Waals surface area (Å²) in [7, 11) is 1.67. The van der Waals surface area contributed by atoms with Crippen molar-refractivity contribution in [3.8, 4) is 5.75 Å². The van der Waals surface area contributed by atoms with Gasteiger partial charge in [-0.05, 0) is 30.0 Å². The number of likely N-dealkylation sites (tertiary alicyclic amines) is 1. The molecule has 0 radical (unpaired) electrons. The zero-order valence-electron chi connectivity index (χ0n) is 14.4. The van der Waals surface area contributed by atoms with E-state index in [0.29, 0.717) is 25.2 Å². The zero-order chi connectivity index (χ0) is 16.7. The molecule has 1 aromatic carbocycles. The van der Waals surface area contributed by atoms with Crippen molar-refractivity contribution >= 4 is 5.91 Å². The highest BCUT2D eigenvalue weighted by Crippen LogP contribution is 2.18. The molecule has 1 amide bonds. The highest BCUT2D eigenvalue weighted by Gasteiger charge is 2.26. The Morgan fingerprint density at radius 3 is 2.91 bits per heavy atom. The summed E-state index contributed by atoms with van der Waals surface area (Å²) in [5.74, 6) is 1.52. The Balaban J connectivity index is 1.81.